The van der Waals surface area contributed by atoms with Gasteiger partial charge in [0.2, 0.25) is 0 Å². The first-order valence-electron chi connectivity index (χ1n) is 12.3. The minimum Gasteiger partial charge on any atom is -0.466 e. The molecule has 0 saturated heterocycles. The highest BCUT2D eigenvalue weighted by atomic mass is 16.6. The molecule has 0 amide bonds. The summed E-state index contributed by atoms with van der Waals surface area (Å²) < 4.78 is 5.32. The summed E-state index contributed by atoms with van der Waals surface area (Å²) >= 11 is 0. The highest BCUT2D eigenvalue weighted by Gasteiger charge is 2.02. The molecular weight excluding hydrogens is 366 g/mol. The molecule has 5 heteroatoms. The van der Waals surface area contributed by atoms with Gasteiger partial charge >= 0.3 is 5.97 Å². The van der Waals surface area contributed by atoms with E-state index in [-0.39, 0.29) is 5.97 Å². The van der Waals surface area contributed by atoms with E-state index in [9.17, 15) is 4.79 Å². The molecule has 5 nitrogen and oxygen atoms in total. The van der Waals surface area contributed by atoms with Gasteiger partial charge in [0, 0.05) is 6.42 Å². The first-order chi connectivity index (χ1) is 14.2. The van der Waals surface area contributed by atoms with Crippen LogP contribution in [0.2, 0.25) is 0 Å². The minimum atomic E-state index is 0.0154. The summed E-state index contributed by atoms with van der Waals surface area (Å²) in [6, 6.07) is 0. The van der Waals surface area contributed by atoms with Gasteiger partial charge in [0.25, 0.3) is 0 Å². The molecule has 0 radical (unpaired) electrons. The van der Waals surface area contributed by atoms with Crippen LogP contribution in [-0.2, 0) is 9.53 Å². The molecule has 0 unspecified atom stereocenters. The molecule has 0 fully saturated rings. The molecule has 0 heterocycles. The third kappa shape index (κ3) is 31.8. The lowest BCUT2D eigenvalue weighted by Crippen LogP contribution is -2.05. The van der Waals surface area contributed by atoms with Crippen molar-refractivity contribution in [3.8, 4) is 0 Å². The van der Waals surface area contributed by atoms with Crippen LogP contribution in [0.4, 0.5) is 0 Å². The molecule has 1 N–H and O–H groups in total. The molecule has 0 aromatic rings. The number of hydrogen-bond acceptors (Lipinski definition) is 4. The molecule has 0 atom stereocenters. The van der Waals surface area contributed by atoms with E-state index in [0.717, 1.165) is 12.8 Å². The molecule has 0 aromatic carbocycles. The fraction of sp³-hybridized carbons (Fsp3) is 0.958. The Balaban J connectivity index is 0. The summed E-state index contributed by atoms with van der Waals surface area (Å²) in [7, 11) is 0. The Morgan fingerprint density at radius 1 is 0.621 bits per heavy atom. The van der Waals surface area contributed by atoms with Crippen molar-refractivity contribution in [3.63, 3.8) is 0 Å². The number of carbonyl (C=O) groups is 1. The smallest absolute Gasteiger partial charge is 0.305 e. The second-order valence-corrected chi connectivity index (χ2v) is 8.06. The van der Waals surface area contributed by atoms with E-state index in [1.165, 1.54) is 114 Å². The minimum absolute atomic E-state index is 0.0154. The molecular formula is C24H49NO4. The maximum absolute atomic E-state index is 11.7. The Bertz CT molecular complexity index is 324. The zero-order valence-electron chi connectivity index (χ0n) is 19.5. The second kappa shape index (κ2) is 29.1. The third-order valence-corrected chi connectivity index (χ3v) is 5.25. The van der Waals surface area contributed by atoms with Crippen molar-refractivity contribution in [3.05, 3.63) is 4.91 Å². The molecule has 0 aliphatic carbocycles. The Morgan fingerprint density at radius 3 is 1.31 bits per heavy atom. The number of nitrogens with zero attached hydrogens (tertiary/aromatic N) is 1. The summed E-state index contributed by atoms with van der Waals surface area (Å²) in [5, 5.41) is 7.89. The van der Waals surface area contributed by atoms with E-state index in [1.54, 1.807) is 0 Å². The topological polar surface area (TPSA) is 76.0 Å². The van der Waals surface area contributed by atoms with E-state index in [0.29, 0.717) is 13.0 Å². The fourth-order valence-electron chi connectivity index (χ4n) is 3.43. The lowest BCUT2D eigenvalue weighted by molar-refractivity contribution is -0.143. The number of carbonyl (C=O) groups excluding carboxylic acids is 1. The number of hydrogen-bond donors (Lipinski definition) is 1. The summed E-state index contributed by atoms with van der Waals surface area (Å²) in [6.07, 6.45) is 25.5. The van der Waals surface area contributed by atoms with Gasteiger partial charge in [-0.05, 0) is 12.8 Å². The average molecular weight is 416 g/mol. The van der Waals surface area contributed by atoms with Crippen molar-refractivity contribution in [1.82, 2.24) is 0 Å². The summed E-state index contributed by atoms with van der Waals surface area (Å²) in [5.74, 6) is 0.0154. The highest BCUT2D eigenvalue weighted by Crippen LogP contribution is 2.13. The van der Waals surface area contributed by atoms with E-state index < -0.39 is 0 Å². The summed E-state index contributed by atoms with van der Waals surface area (Å²) in [4.78, 5) is 19.8. The van der Waals surface area contributed by atoms with Crippen molar-refractivity contribution in [2.45, 2.75) is 142 Å². The maximum Gasteiger partial charge on any atom is 0.305 e. The van der Waals surface area contributed by atoms with Crippen LogP contribution in [0.25, 0.3) is 0 Å². The van der Waals surface area contributed by atoms with Gasteiger partial charge in [-0.1, -0.05) is 123 Å². The molecule has 0 aliphatic heterocycles. The normalized spacial score (nSPS) is 10.3. The predicted molar refractivity (Wildman–Crippen MR) is 122 cm³/mol. The van der Waals surface area contributed by atoms with Gasteiger partial charge in [-0.3, -0.25) is 4.79 Å². The third-order valence-electron chi connectivity index (χ3n) is 5.25. The molecule has 0 saturated carbocycles. The van der Waals surface area contributed by atoms with Crippen molar-refractivity contribution < 1.29 is 14.7 Å². The van der Waals surface area contributed by atoms with Crippen LogP contribution in [-0.4, -0.2) is 17.8 Å². The summed E-state index contributed by atoms with van der Waals surface area (Å²) in [6.45, 7) is 5.14. The molecule has 174 valence electrons. The second-order valence-electron chi connectivity index (χ2n) is 8.06. The van der Waals surface area contributed by atoms with Gasteiger partial charge in [-0.25, -0.2) is 0 Å². The van der Waals surface area contributed by atoms with Gasteiger partial charge in [-0.2, -0.15) is 0 Å². The molecule has 0 bridgehead atoms. The predicted octanol–water partition coefficient (Wildman–Crippen LogP) is 8.51. The molecule has 0 rings (SSSR count). The average Bonchev–Trinajstić information content (AvgIpc) is 2.71. The number of esters is 1. The van der Waals surface area contributed by atoms with E-state index in [1.807, 2.05) is 0 Å². The van der Waals surface area contributed by atoms with Crippen LogP contribution in [0.1, 0.15) is 142 Å². The van der Waals surface area contributed by atoms with Gasteiger partial charge in [0.05, 0.1) is 6.61 Å². The van der Waals surface area contributed by atoms with E-state index in [2.05, 4.69) is 13.8 Å². The molecule has 0 aromatic heterocycles. The quantitative estimate of drug-likeness (QED) is 0.0882. The SMILES string of the molecule is CCCCCCCCCCCCCCCC(=O)OCCCCCCCC.O=NO. The van der Waals surface area contributed by atoms with E-state index >= 15 is 0 Å². The maximum atomic E-state index is 11.7. The standard InChI is InChI=1S/C24H48O2.HNO2/c1-3-5-7-9-11-12-13-14-15-16-17-18-20-22-24(25)26-23-21-19-10-8-6-4-2;2-1-3/h3-23H2,1-2H3;(H,2,3). The van der Waals surface area contributed by atoms with Crippen LogP contribution >= 0.6 is 0 Å². The largest absolute Gasteiger partial charge is 0.466 e. The Hall–Kier alpha value is -1.13. The first kappa shape index (κ1) is 30.1. The monoisotopic (exact) mass is 415 g/mol. The van der Waals surface area contributed by atoms with Crippen LogP contribution in [0.5, 0.6) is 0 Å². The van der Waals surface area contributed by atoms with Crippen LogP contribution < -0.4 is 0 Å². The van der Waals surface area contributed by atoms with Gasteiger partial charge in [0.1, 0.15) is 0 Å². The van der Waals surface area contributed by atoms with Gasteiger partial charge < -0.3 is 9.94 Å². The van der Waals surface area contributed by atoms with Crippen LogP contribution in [0.15, 0.2) is 5.34 Å². The lowest BCUT2D eigenvalue weighted by Gasteiger charge is -2.05. The zero-order valence-corrected chi connectivity index (χ0v) is 19.5. The zero-order chi connectivity index (χ0) is 21.8. The van der Waals surface area contributed by atoms with Crippen molar-refractivity contribution in [2.24, 2.45) is 5.34 Å². The Kier molecular flexibility index (Phi) is 30.1. The van der Waals surface area contributed by atoms with Crippen LogP contribution in [0.3, 0.4) is 0 Å². The van der Waals surface area contributed by atoms with Crippen molar-refractivity contribution >= 4 is 5.97 Å². The van der Waals surface area contributed by atoms with Crippen molar-refractivity contribution in [1.29, 1.82) is 0 Å². The molecule has 0 aliphatic rings. The van der Waals surface area contributed by atoms with Crippen molar-refractivity contribution in [2.75, 3.05) is 6.61 Å². The molecule has 29 heavy (non-hydrogen) atoms. The molecule has 0 spiro atoms. The first-order valence-corrected chi connectivity index (χ1v) is 12.3. The van der Waals surface area contributed by atoms with Crippen LogP contribution in [0, 0.1) is 4.91 Å². The van der Waals surface area contributed by atoms with Gasteiger partial charge in [-0.15, -0.1) is 4.91 Å². The summed E-state index contributed by atoms with van der Waals surface area (Å²) in [5.41, 5.74) is 0. The fourth-order valence-corrected chi connectivity index (χ4v) is 3.43. The Morgan fingerprint density at radius 2 is 0.931 bits per heavy atom. The number of ether oxygens (including phenoxy) is 1. The lowest BCUT2D eigenvalue weighted by atomic mass is 10.0. The Labute approximate surface area is 180 Å². The highest BCUT2D eigenvalue weighted by molar-refractivity contribution is 5.69. The van der Waals surface area contributed by atoms with Gasteiger partial charge in [0.15, 0.2) is 5.34 Å². The number of rotatable bonds is 21. The number of unbranched alkanes of at least 4 members (excludes halogenated alkanes) is 17. The van der Waals surface area contributed by atoms with E-state index in [4.69, 9.17) is 14.9 Å².